The minimum Gasteiger partial charge on any atom is -0.493 e. The number of carbonyl (C=O) groups is 3. The Morgan fingerprint density at radius 1 is 0.532 bits per heavy atom. The van der Waals surface area contributed by atoms with Crippen molar-refractivity contribution in [2.24, 2.45) is 27.1 Å². The van der Waals surface area contributed by atoms with Gasteiger partial charge in [0.05, 0.1) is 102 Å². The van der Waals surface area contributed by atoms with Crippen LogP contribution in [0.5, 0.6) is 17.2 Å². The number of hydrazone groups is 3. The number of nitrogens with one attached hydrogen (secondary N) is 4. The molecule has 6 heterocycles. The number of rotatable bonds is 29. The van der Waals surface area contributed by atoms with E-state index in [1.165, 1.54) is 173 Å². The summed E-state index contributed by atoms with van der Waals surface area (Å²) in [6, 6.07) is 42.7. The normalized spacial score (nSPS) is 17.2. The van der Waals surface area contributed by atoms with Gasteiger partial charge in [-0.1, -0.05) is 197 Å². The van der Waals surface area contributed by atoms with Crippen molar-refractivity contribution < 1.29 is 33.3 Å². The summed E-state index contributed by atoms with van der Waals surface area (Å²) >= 11 is 15.5. The van der Waals surface area contributed by atoms with Crippen LogP contribution in [0.25, 0.3) is 73.7 Å². The zero-order chi connectivity index (χ0) is 85.3. The van der Waals surface area contributed by atoms with E-state index in [2.05, 4.69) is 123 Å². The average Bonchev–Trinajstić information content (AvgIpc) is 1.13. The van der Waals surface area contributed by atoms with Crippen molar-refractivity contribution in [1.29, 1.82) is 5.41 Å². The molecule has 124 heavy (non-hydrogen) atoms. The zero-order valence-electron chi connectivity index (χ0n) is 69.2. The summed E-state index contributed by atoms with van der Waals surface area (Å²) in [5.41, 5.74) is 17.3. The van der Waals surface area contributed by atoms with Crippen LogP contribution in [0.1, 0.15) is 217 Å². The molecule has 4 aliphatic rings. The second-order valence-corrected chi connectivity index (χ2v) is 37.3. The molecule has 4 N–H and O–H groups in total. The van der Waals surface area contributed by atoms with E-state index in [1.54, 1.807) is 40.9 Å². The summed E-state index contributed by atoms with van der Waals surface area (Å²) in [5.74, 6) is 1.75. The molecule has 18 rings (SSSR count). The summed E-state index contributed by atoms with van der Waals surface area (Å²) in [6.45, 7) is 11.8. The van der Waals surface area contributed by atoms with Crippen molar-refractivity contribution in [2.45, 2.75) is 185 Å². The third kappa shape index (κ3) is 21.2. The van der Waals surface area contributed by atoms with Gasteiger partial charge in [0.25, 0.3) is 0 Å². The van der Waals surface area contributed by atoms with Crippen molar-refractivity contribution in [3.8, 4) is 17.2 Å². The smallest absolute Gasteiger partial charge is 0.344 e. The highest BCUT2D eigenvalue weighted by molar-refractivity contribution is 7.23. The molecule has 0 saturated heterocycles. The second kappa shape index (κ2) is 41.7. The zero-order valence-corrected chi connectivity index (χ0v) is 74.9. The maximum atomic E-state index is 14.5. The number of para-hydroxylation sites is 2. The van der Waals surface area contributed by atoms with Gasteiger partial charge in [0.15, 0.2) is 5.13 Å². The fraction of sp³-hybridized carbons (Fsp3) is 0.351. The molecule has 0 radical (unpaired) electrons. The Bertz CT molecular complexity index is 6180. The molecule has 23 nitrogen and oxygen atoms in total. The maximum absolute atomic E-state index is 14.5. The molecule has 0 aliphatic heterocycles. The molecule has 4 fully saturated rings. The lowest BCUT2D eigenvalue weighted by molar-refractivity contribution is -0.138. The number of benzene rings is 8. The van der Waals surface area contributed by atoms with Gasteiger partial charge in [0.1, 0.15) is 50.3 Å². The van der Waals surface area contributed by atoms with Crippen LogP contribution in [0, 0.1) is 17.2 Å². The average molecular weight is 1790 g/mol. The molecule has 4 saturated carbocycles. The Morgan fingerprint density at radius 2 is 1.13 bits per heavy atom. The van der Waals surface area contributed by atoms with Crippen molar-refractivity contribution >= 4 is 217 Å². The number of fused-ring (bicyclic) bond motifs is 9. The number of thiazole rings is 4. The maximum Gasteiger partial charge on any atom is 0.344 e. The van der Waals surface area contributed by atoms with Crippen LogP contribution in [-0.4, -0.2) is 105 Å². The molecule has 0 unspecified atom stereocenters. The first-order valence-electron chi connectivity index (χ1n) is 42.8. The quantitative estimate of drug-likeness (QED) is 0.00846. The van der Waals surface area contributed by atoms with Gasteiger partial charge in [0, 0.05) is 58.5 Å². The SMILES string of the molecule is C=CC(=O)OCCCOc1cc(/C=N/Nc2nc3c(ccc4nsnc43)s2)c(C(=O)Oc2ccc3cc(C4CCC(CCC)CC4)ccc3c2Cl)cc1/C=N/Nc1nc2c(ccc3nsnc32)s1.C=CC(=O)Oc1c(C=N)cc(C2CCC(CCC)CC2)cc1/C=N/N(c1nc2ccccc2s1)C1CCCCC1.c1ccc2sc(NC3CCCCC3)nc2c1. The third-order valence-electron chi connectivity index (χ3n) is 23.5. The van der Waals surface area contributed by atoms with Gasteiger partial charge in [-0.05, 0) is 196 Å². The van der Waals surface area contributed by atoms with Crippen molar-refractivity contribution in [3.63, 3.8) is 0 Å². The lowest BCUT2D eigenvalue weighted by Crippen LogP contribution is -2.32. The number of anilines is 4. The van der Waals surface area contributed by atoms with E-state index < -0.39 is 17.9 Å². The van der Waals surface area contributed by atoms with E-state index in [0.29, 0.717) is 84.4 Å². The summed E-state index contributed by atoms with van der Waals surface area (Å²) in [5, 5.41) is 33.0. The molecular formula is C94H97ClN16O7S6. The minimum absolute atomic E-state index is 0.108. The van der Waals surface area contributed by atoms with Gasteiger partial charge < -0.3 is 29.7 Å². The van der Waals surface area contributed by atoms with Gasteiger partial charge in [-0.15, -0.1) is 0 Å². The first kappa shape index (κ1) is 86.6. The summed E-state index contributed by atoms with van der Waals surface area (Å²) < 4.78 is 45.0. The number of aromatic nitrogens is 8. The van der Waals surface area contributed by atoms with E-state index in [9.17, 15) is 14.4 Å². The van der Waals surface area contributed by atoms with Crippen LogP contribution in [0.4, 0.5) is 20.5 Å². The number of carbonyl (C=O) groups excluding carboxylic acids is 3. The van der Waals surface area contributed by atoms with E-state index in [-0.39, 0.29) is 30.6 Å². The fourth-order valence-corrected chi connectivity index (χ4v) is 22.0. The molecule has 0 spiro atoms. The van der Waals surface area contributed by atoms with Crippen LogP contribution in [0.2, 0.25) is 5.02 Å². The Hall–Kier alpha value is -10.9. The van der Waals surface area contributed by atoms with E-state index in [1.807, 2.05) is 72.9 Å². The number of esters is 3. The Kier molecular flexibility index (Phi) is 29.1. The highest BCUT2D eigenvalue weighted by Crippen LogP contribution is 2.44. The Morgan fingerprint density at radius 3 is 1.75 bits per heavy atom. The lowest BCUT2D eigenvalue weighted by Gasteiger charge is -2.30. The fourth-order valence-electron chi connectivity index (χ4n) is 17.1. The van der Waals surface area contributed by atoms with E-state index >= 15 is 0 Å². The molecule has 638 valence electrons. The number of hydrogen-bond donors (Lipinski definition) is 4. The third-order valence-corrected chi connectivity index (χ3v) is 28.8. The van der Waals surface area contributed by atoms with Gasteiger partial charge in [-0.3, -0.25) is 10.9 Å². The molecule has 30 heteroatoms. The predicted molar refractivity (Wildman–Crippen MR) is 511 cm³/mol. The number of nitrogens with zero attached hydrogens (tertiary/aromatic N) is 12. The first-order chi connectivity index (χ1) is 60.8. The standard InChI is InChI=1S/C48H41ClN10O5S4.C33H40N4O2S.C13H16N2S/c1-3-6-26-7-9-27(10-8-26)28-11-13-32-29(21-28)12-16-36(41(32)49)64-46(61)33-22-31(25-51-55-48-53-45-39(66-48)18-15-35-43(45)59-68-57-35)37(62-19-5-20-63-40(60)4-2)23-30(33)24-50-54-47-52-44-38(65-47)17-14-34-42(44)58-67-56-34;1-3-10-23-15-17-24(18-16-23)25-19-26(21-34)32(39-31(38)4-2)27(20-25)22-35-37(28-11-6-5-7-12-28)33-36-29-13-8-9-14-30(29)40-33;1-2-6-10(7-3-1)14-13-15-11-8-4-5-9-12(11)16-13/h4,11-18,21-27H,2-3,5-10,19-20H2,1H3,(H,52,54)(H,53,55);4,8-9,13-14,19-24,28,34H,2-3,5-7,10-12,15-18H2,1H3;4-5,8-10H,1-3,6-7H2,(H,14,15)/b50-24+,51-25+;34-21?,35-22+;. The van der Waals surface area contributed by atoms with Crippen molar-refractivity contribution in [1.82, 2.24) is 37.4 Å². The molecule has 0 atom stereocenters. The summed E-state index contributed by atoms with van der Waals surface area (Å²) in [6.07, 6.45) is 35.9. The molecule has 0 amide bonds. The van der Waals surface area contributed by atoms with Gasteiger partial charge >= 0.3 is 17.9 Å². The summed E-state index contributed by atoms with van der Waals surface area (Å²) in [4.78, 5) is 57.5. The van der Waals surface area contributed by atoms with Crippen LogP contribution in [-0.2, 0) is 14.3 Å². The van der Waals surface area contributed by atoms with Crippen LogP contribution in [0.3, 0.4) is 0 Å². The lowest BCUT2D eigenvalue weighted by atomic mass is 9.76. The molecule has 8 aromatic carbocycles. The molecule has 0 bridgehead atoms. The Balaban J connectivity index is 0.000000169. The highest BCUT2D eigenvalue weighted by Gasteiger charge is 2.30. The second-order valence-electron chi connectivity index (χ2n) is 31.8. The Labute approximate surface area is 748 Å². The van der Waals surface area contributed by atoms with Gasteiger partial charge in [0.2, 0.25) is 15.4 Å². The van der Waals surface area contributed by atoms with Crippen LogP contribution >= 0.6 is 80.4 Å². The molecule has 6 aromatic heterocycles. The number of ether oxygens (including phenoxy) is 4. The van der Waals surface area contributed by atoms with Crippen LogP contribution in [0.15, 0.2) is 168 Å². The largest absolute Gasteiger partial charge is 0.493 e. The highest BCUT2D eigenvalue weighted by atomic mass is 35.5. The number of halogens is 1. The van der Waals surface area contributed by atoms with Crippen LogP contribution < -0.4 is 35.4 Å². The molecule has 14 aromatic rings. The van der Waals surface area contributed by atoms with Crippen molar-refractivity contribution in [3.05, 3.63) is 197 Å². The van der Waals surface area contributed by atoms with Gasteiger partial charge in [-0.25, -0.2) is 39.3 Å². The molecular weight excluding hydrogens is 1690 g/mol. The van der Waals surface area contributed by atoms with E-state index in [4.69, 9.17) is 56.0 Å². The van der Waals surface area contributed by atoms with E-state index in [0.717, 1.165) is 141 Å². The minimum atomic E-state index is -0.691. The van der Waals surface area contributed by atoms with Crippen molar-refractivity contribution in [2.75, 3.05) is 34.4 Å². The monoisotopic (exact) mass is 1790 g/mol. The predicted octanol–water partition coefficient (Wildman–Crippen LogP) is 25.1. The first-order valence-corrected chi connectivity index (χ1v) is 47.9. The molecule has 4 aliphatic carbocycles. The summed E-state index contributed by atoms with van der Waals surface area (Å²) in [7, 11) is 0. The topological polar surface area (TPSA) is 292 Å². The van der Waals surface area contributed by atoms with Gasteiger partial charge in [-0.2, -0.15) is 32.8 Å². The number of hydrogen-bond acceptors (Lipinski definition) is 29.